The molecule has 88 valence electrons. The summed E-state index contributed by atoms with van der Waals surface area (Å²) >= 11 is 0. The molecule has 0 unspecified atom stereocenters. The topological polar surface area (TPSA) is 15.3 Å². The molecule has 0 fully saturated rings. The predicted octanol–water partition coefficient (Wildman–Crippen LogP) is 2.85. The number of nitrogens with one attached hydrogen (secondary N) is 1. The molecular weight excluding hydrogens is 210 g/mol. The van der Waals surface area contributed by atoms with Gasteiger partial charge in [-0.25, -0.2) is 8.78 Å². The van der Waals surface area contributed by atoms with E-state index < -0.39 is 11.6 Å². The fraction of sp³-hybridized carbons (Fsp3) is 0.500. The van der Waals surface area contributed by atoms with E-state index in [0.717, 1.165) is 13.1 Å². The van der Waals surface area contributed by atoms with Gasteiger partial charge in [-0.15, -0.1) is 0 Å². The Morgan fingerprint density at radius 1 is 1.38 bits per heavy atom. The normalized spacial score (nSPS) is 14.9. The number of hydrogen-bond acceptors (Lipinski definition) is 2. The standard InChI is InChI=1S/C12H16F2N2/c1-8(2)7-16-6-5-15-10-4-3-9(13)11(14)12(10)16/h3-4,8,15H,5-7H2,1-2H3. The molecule has 0 radical (unpaired) electrons. The van der Waals surface area contributed by atoms with Crippen molar-refractivity contribution in [2.75, 3.05) is 29.9 Å². The fourth-order valence-electron chi connectivity index (χ4n) is 2.05. The molecule has 1 aromatic rings. The van der Waals surface area contributed by atoms with E-state index in [-0.39, 0.29) is 0 Å². The number of anilines is 2. The first-order chi connectivity index (χ1) is 7.59. The van der Waals surface area contributed by atoms with Crippen LogP contribution in [0.5, 0.6) is 0 Å². The molecule has 2 rings (SSSR count). The van der Waals surface area contributed by atoms with Crippen molar-refractivity contribution in [2.24, 2.45) is 5.92 Å². The lowest BCUT2D eigenvalue weighted by Crippen LogP contribution is -2.37. The van der Waals surface area contributed by atoms with Gasteiger partial charge in [0.15, 0.2) is 11.6 Å². The van der Waals surface area contributed by atoms with Gasteiger partial charge in [0.05, 0.1) is 11.4 Å². The second kappa shape index (κ2) is 4.28. The Bertz CT molecular complexity index is 391. The molecule has 0 aliphatic carbocycles. The summed E-state index contributed by atoms with van der Waals surface area (Å²) in [5.41, 5.74) is 1.06. The van der Waals surface area contributed by atoms with Gasteiger partial charge in [0, 0.05) is 19.6 Å². The van der Waals surface area contributed by atoms with Crippen molar-refractivity contribution in [3.63, 3.8) is 0 Å². The van der Waals surface area contributed by atoms with Crippen molar-refractivity contribution in [3.05, 3.63) is 23.8 Å². The molecule has 16 heavy (non-hydrogen) atoms. The molecule has 1 aliphatic heterocycles. The van der Waals surface area contributed by atoms with Gasteiger partial charge in [-0.1, -0.05) is 13.8 Å². The van der Waals surface area contributed by atoms with Gasteiger partial charge in [-0.05, 0) is 18.1 Å². The van der Waals surface area contributed by atoms with Crippen molar-refractivity contribution in [1.82, 2.24) is 0 Å². The van der Waals surface area contributed by atoms with E-state index in [2.05, 4.69) is 19.2 Å². The van der Waals surface area contributed by atoms with Crippen molar-refractivity contribution in [3.8, 4) is 0 Å². The van der Waals surface area contributed by atoms with Gasteiger partial charge in [-0.3, -0.25) is 0 Å². The Kier molecular flexibility index (Phi) is 2.99. The summed E-state index contributed by atoms with van der Waals surface area (Å²) in [4.78, 5) is 1.91. The minimum atomic E-state index is -0.781. The Morgan fingerprint density at radius 3 is 2.81 bits per heavy atom. The zero-order valence-electron chi connectivity index (χ0n) is 9.56. The summed E-state index contributed by atoms with van der Waals surface area (Å²) in [6, 6.07) is 2.76. The number of benzene rings is 1. The lowest BCUT2D eigenvalue weighted by molar-refractivity contribution is 0.500. The van der Waals surface area contributed by atoms with E-state index in [4.69, 9.17) is 0 Å². The van der Waals surface area contributed by atoms with Gasteiger partial charge >= 0.3 is 0 Å². The van der Waals surface area contributed by atoms with Crippen molar-refractivity contribution in [2.45, 2.75) is 13.8 Å². The van der Waals surface area contributed by atoms with Crippen LogP contribution in [0.15, 0.2) is 12.1 Å². The number of halogens is 2. The lowest BCUT2D eigenvalue weighted by Gasteiger charge is -2.33. The molecule has 0 aromatic heterocycles. The van der Waals surface area contributed by atoms with Crippen LogP contribution in [0.25, 0.3) is 0 Å². The van der Waals surface area contributed by atoms with Crippen molar-refractivity contribution in [1.29, 1.82) is 0 Å². The van der Waals surface area contributed by atoms with Gasteiger partial charge in [0.25, 0.3) is 0 Å². The van der Waals surface area contributed by atoms with Crippen LogP contribution in [0.3, 0.4) is 0 Å². The van der Waals surface area contributed by atoms with Crippen LogP contribution < -0.4 is 10.2 Å². The van der Waals surface area contributed by atoms with Crippen molar-refractivity contribution < 1.29 is 8.78 Å². The zero-order chi connectivity index (χ0) is 11.7. The van der Waals surface area contributed by atoms with Crippen LogP contribution in [0.2, 0.25) is 0 Å². The van der Waals surface area contributed by atoms with Crippen LogP contribution >= 0.6 is 0 Å². The van der Waals surface area contributed by atoms with Crippen LogP contribution in [0.1, 0.15) is 13.8 Å². The SMILES string of the molecule is CC(C)CN1CCNc2ccc(F)c(F)c21. The Morgan fingerprint density at radius 2 is 2.12 bits per heavy atom. The van der Waals surface area contributed by atoms with Crippen LogP contribution in [-0.4, -0.2) is 19.6 Å². The zero-order valence-corrected chi connectivity index (χ0v) is 9.56. The maximum absolute atomic E-state index is 13.7. The molecule has 4 heteroatoms. The fourth-order valence-corrected chi connectivity index (χ4v) is 2.05. The van der Waals surface area contributed by atoms with E-state index in [1.165, 1.54) is 6.07 Å². The van der Waals surface area contributed by atoms with Crippen LogP contribution in [0.4, 0.5) is 20.2 Å². The third-order valence-electron chi connectivity index (χ3n) is 2.67. The van der Waals surface area contributed by atoms with Gasteiger partial charge in [0.2, 0.25) is 0 Å². The molecule has 2 nitrogen and oxygen atoms in total. The summed E-state index contributed by atoms with van der Waals surface area (Å²) < 4.78 is 26.9. The van der Waals surface area contributed by atoms with E-state index >= 15 is 0 Å². The second-order valence-corrected chi connectivity index (χ2v) is 4.52. The highest BCUT2D eigenvalue weighted by molar-refractivity contribution is 5.72. The van der Waals surface area contributed by atoms with E-state index in [1.54, 1.807) is 6.07 Å². The van der Waals surface area contributed by atoms with Gasteiger partial charge in [0.1, 0.15) is 0 Å². The first-order valence-electron chi connectivity index (χ1n) is 5.56. The van der Waals surface area contributed by atoms with Gasteiger partial charge < -0.3 is 10.2 Å². The maximum Gasteiger partial charge on any atom is 0.184 e. The third-order valence-corrected chi connectivity index (χ3v) is 2.67. The largest absolute Gasteiger partial charge is 0.382 e. The van der Waals surface area contributed by atoms with Crippen LogP contribution in [-0.2, 0) is 0 Å². The number of rotatable bonds is 2. The average molecular weight is 226 g/mol. The summed E-state index contributed by atoms with van der Waals surface area (Å²) in [6.07, 6.45) is 0. The number of nitrogens with zero attached hydrogens (tertiary/aromatic N) is 1. The van der Waals surface area contributed by atoms with E-state index in [1.807, 2.05) is 4.90 Å². The summed E-state index contributed by atoms with van der Waals surface area (Å²) in [5.74, 6) is -1.10. The molecule has 1 aromatic carbocycles. The molecule has 0 bridgehead atoms. The smallest absolute Gasteiger partial charge is 0.184 e. The van der Waals surface area contributed by atoms with Crippen LogP contribution in [0, 0.1) is 17.6 Å². The minimum absolute atomic E-state index is 0.375. The lowest BCUT2D eigenvalue weighted by atomic mass is 10.1. The molecule has 1 heterocycles. The van der Waals surface area contributed by atoms with Crippen molar-refractivity contribution >= 4 is 11.4 Å². The highest BCUT2D eigenvalue weighted by Gasteiger charge is 2.23. The highest BCUT2D eigenvalue weighted by atomic mass is 19.2. The second-order valence-electron chi connectivity index (χ2n) is 4.52. The predicted molar refractivity (Wildman–Crippen MR) is 61.9 cm³/mol. The molecule has 1 N–H and O–H groups in total. The molecule has 0 spiro atoms. The van der Waals surface area contributed by atoms with E-state index in [9.17, 15) is 8.78 Å². The molecule has 0 atom stereocenters. The summed E-state index contributed by atoms with van der Waals surface area (Å²) in [6.45, 7) is 6.36. The summed E-state index contributed by atoms with van der Waals surface area (Å²) in [5, 5.41) is 3.09. The summed E-state index contributed by atoms with van der Waals surface area (Å²) in [7, 11) is 0. The van der Waals surface area contributed by atoms with Gasteiger partial charge in [-0.2, -0.15) is 0 Å². The molecule has 0 amide bonds. The first-order valence-corrected chi connectivity index (χ1v) is 5.56. The highest BCUT2D eigenvalue weighted by Crippen LogP contribution is 2.33. The Balaban J connectivity index is 2.39. The maximum atomic E-state index is 13.7. The molecule has 1 aliphatic rings. The first kappa shape index (κ1) is 11.2. The molecular formula is C12H16F2N2. The van der Waals surface area contributed by atoms with E-state index in [0.29, 0.717) is 23.8 Å². The molecule has 0 saturated carbocycles. The minimum Gasteiger partial charge on any atom is -0.382 e. The quantitative estimate of drug-likeness (QED) is 0.834. The Hall–Kier alpha value is -1.32. The average Bonchev–Trinajstić information content (AvgIpc) is 2.23. The Labute approximate surface area is 94.3 Å². The monoisotopic (exact) mass is 226 g/mol. The number of fused-ring (bicyclic) bond motifs is 1. The molecule has 0 saturated heterocycles. The number of hydrogen-bond donors (Lipinski definition) is 1. The third kappa shape index (κ3) is 1.96.